The number of nitrogens with two attached hydrogens (primary N) is 1. The lowest BCUT2D eigenvalue weighted by molar-refractivity contribution is 0.444. The fraction of sp³-hybridized carbons (Fsp3) is 0.538. The Hall–Kier alpha value is -1.02. The maximum atomic E-state index is 6.12. The summed E-state index contributed by atoms with van der Waals surface area (Å²) in [6.45, 7) is 5.32. The van der Waals surface area contributed by atoms with Crippen molar-refractivity contribution in [2.24, 2.45) is 11.7 Å². The van der Waals surface area contributed by atoms with Crippen LogP contribution in [-0.2, 0) is 0 Å². The van der Waals surface area contributed by atoms with Gasteiger partial charge in [-0.2, -0.15) is 0 Å². The van der Waals surface area contributed by atoms with Crippen molar-refractivity contribution in [3.63, 3.8) is 0 Å². The molecule has 0 aliphatic rings. The van der Waals surface area contributed by atoms with Crippen LogP contribution < -0.4 is 10.6 Å². The SMILES string of the molecule is CCC(C)[C@H](N)CN(C)c1ccccc1. The molecule has 0 saturated carbocycles. The Balaban J connectivity index is 2.52. The molecule has 0 aliphatic carbocycles. The lowest BCUT2D eigenvalue weighted by Gasteiger charge is -2.26. The van der Waals surface area contributed by atoms with Crippen LogP contribution in [0.4, 0.5) is 5.69 Å². The van der Waals surface area contributed by atoms with Gasteiger partial charge in [-0.15, -0.1) is 0 Å². The molecule has 0 aliphatic heterocycles. The fourth-order valence-corrected chi connectivity index (χ4v) is 1.59. The Morgan fingerprint density at radius 3 is 2.40 bits per heavy atom. The minimum atomic E-state index is 0.250. The first-order chi connectivity index (χ1) is 7.15. The summed E-state index contributed by atoms with van der Waals surface area (Å²) in [4.78, 5) is 2.22. The van der Waals surface area contributed by atoms with E-state index in [2.05, 4.69) is 50.1 Å². The van der Waals surface area contributed by atoms with Crippen molar-refractivity contribution < 1.29 is 0 Å². The molecule has 0 amide bonds. The van der Waals surface area contributed by atoms with Crippen molar-refractivity contribution in [3.05, 3.63) is 30.3 Å². The van der Waals surface area contributed by atoms with Gasteiger partial charge >= 0.3 is 0 Å². The number of nitrogens with zero attached hydrogens (tertiary/aromatic N) is 1. The maximum Gasteiger partial charge on any atom is 0.0364 e. The number of benzene rings is 1. The van der Waals surface area contributed by atoms with Crippen LogP contribution in [0.5, 0.6) is 0 Å². The van der Waals surface area contributed by atoms with Crippen molar-refractivity contribution >= 4 is 5.69 Å². The van der Waals surface area contributed by atoms with Crippen LogP contribution >= 0.6 is 0 Å². The molecule has 0 aromatic heterocycles. The predicted octanol–water partition coefficient (Wildman–Crippen LogP) is 2.50. The number of anilines is 1. The minimum absolute atomic E-state index is 0.250. The normalized spacial score (nSPS) is 14.7. The number of hydrogen-bond acceptors (Lipinski definition) is 2. The van der Waals surface area contributed by atoms with Gasteiger partial charge in [0, 0.05) is 25.3 Å². The Labute approximate surface area is 93.1 Å². The largest absolute Gasteiger partial charge is 0.373 e. The van der Waals surface area contributed by atoms with Gasteiger partial charge in [0.2, 0.25) is 0 Å². The summed E-state index contributed by atoms with van der Waals surface area (Å²) < 4.78 is 0. The van der Waals surface area contributed by atoms with E-state index in [1.807, 2.05) is 6.07 Å². The zero-order valence-corrected chi connectivity index (χ0v) is 9.98. The summed E-state index contributed by atoms with van der Waals surface area (Å²) in [5, 5.41) is 0. The molecule has 1 rings (SSSR count). The van der Waals surface area contributed by atoms with E-state index in [9.17, 15) is 0 Å². The van der Waals surface area contributed by atoms with Crippen LogP contribution in [-0.4, -0.2) is 19.6 Å². The molecule has 0 saturated heterocycles. The molecule has 2 heteroatoms. The van der Waals surface area contributed by atoms with Gasteiger partial charge in [0.25, 0.3) is 0 Å². The molecule has 1 unspecified atom stereocenters. The van der Waals surface area contributed by atoms with E-state index in [0.29, 0.717) is 5.92 Å². The second-order valence-electron chi connectivity index (χ2n) is 4.27. The number of hydrogen-bond donors (Lipinski definition) is 1. The minimum Gasteiger partial charge on any atom is -0.373 e. The van der Waals surface area contributed by atoms with Crippen LogP contribution in [0.25, 0.3) is 0 Å². The first-order valence-electron chi connectivity index (χ1n) is 5.67. The number of rotatable bonds is 5. The van der Waals surface area contributed by atoms with Crippen LogP contribution in [0.3, 0.4) is 0 Å². The summed E-state index contributed by atoms with van der Waals surface area (Å²) >= 11 is 0. The molecular weight excluding hydrogens is 184 g/mol. The first-order valence-corrected chi connectivity index (χ1v) is 5.67. The third-order valence-electron chi connectivity index (χ3n) is 3.06. The van der Waals surface area contributed by atoms with Crippen LogP contribution in [0, 0.1) is 5.92 Å². The Morgan fingerprint density at radius 2 is 1.87 bits per heavy atom. The molecule has 2 nitrogen and oxygen atoms in total. The lowest BCUT2D eigenvalue weighted by Crippen LogP contribution is -2.39. The summed E-state index contributed by atoms with van der Waals surface area (Å²) in [6, 6.07) is 10.6. The molecule has 2 N–H and O–H groups in total. The average Bonchev–Trinajstić information content (AvgIpc) is 2.29. The third kappa shape index (κ3) is 3.56. The summed E-state index contributed by atoms with van der Waals surface area (Å²) in [6.07, 6.45) is 1.14. The highest BCUT2D eigenvalue weighted by molar-refractivity contribution is 5.45. The standard InChI is InChI=1S/C13H22N2/c1-4-11(2)13(14)10-15(3)12-8-6-5-7-9-12/h5-9,11,13H,4,10,14H2,1-3H3/t11?,13-/m1/s1. The van der Waals surface area contributed by atoms with Crippen LogP contribution in [0.15, 0.2) is 30.3 Å². The van der Waals surface area contributed by atoms with Crippen molar-refractivity contribution in [1.29, 1.82) is 0 Å². The highest BCUT2D eigenvalue weighted by Gasteiger charge is 2.13. The maximum absolute atomic E-state index is 6.12. The Kier molecular flexibility index (Phi) is 4.63. The van der Waals surface area contributed by atoms with E-state index in [1.165, 1.54) is 5.69 Å². The van der Waals surface area contributed by atoms with Gasteiger partial charge in [-0.05, 0) is 18.1 Å². The van der Waals surface area contributed by atoms with Crippen LogP contribution in [0.2, 0.25) is 0 Å². The topological polar surface area (TPSA) is 29.3 Å². The van der Waals surface area contributed by atoms with E-state index < -0.39 is 0 Å². The average molecular weight is 206 g/mol. The second-order valence-corrected chi connectivity index (χ2v) is 4.27. The lowest BCUT2D eigenvalue weighted by atomic mass is 10.00. The van der Waals surface area contributed by atoms with Gasteiger partial charge in [0.05, 0.1) is 0 Å². The molecular formula is C13H22N2. The second kappa shape index (κ2) is 5.76. The highest BCUT2D eigenvalue weighted by Crippen LogP contribution is 2.13. The molecule has 15 heavy (non-hydrogen) atoms. The molecule has 0 bridgehead atoms. The van der Waals surface area contributed by atoms with Gasteiger partial charge in [-0.3, -0.25) is 0 Å². The van der Waals surface area contributed by atoms with Gasteiger partial charge in [-0.25, -0.2) is 0 Å². The molecule has 1 aromatic rings. The molecule has 0 spiro atoms. The van der Waals surface area contributed by atoms with Gasteiger partial charge in [0.15, 0.2) is 0 Å². The Morgan fingerprint density at radius 1 is 1.27 bits per heavy atom. The highest BCUT2D eigenvalue weighted by atomic mass is 15.1. The molecule has 84 valence electrons. The Bertz CT molecular complexity index is 271. The predicted molar refractivity (Wildman–Crippen MR) is 67.1 cm³/mol. The van der Waals surface area contributed by atoms with E-state index in [0.717, 1.165) is 13.0 Å². The van der Waals surface area contributed by atoms with Crippen molar-refractivity contribution in [2.45, 2.75) is 26.3 Å². The van der Waals surface area contributed by atoms with Crippen LogP contribution in [0.1, 0.15) is 20.3 Å². The summed E-state index contributed by atoms with van der Waals surface area (Å²) in [7, 11) is 2.09. The van der Waals surface area contributed by atoms with Crippen molar-refractivity contribution in [1.82, 2.24) is 0 Å². The van der Waals surface area contributed by atoms with Crippen molar-refractivity contribution in [3.8, 4) is 0 Å². The van der Waals surface area contributed by atoms with E-state index in [4.69, 9.17) is 5.73 Å². The van der Waals surface area contributed by atoms with E-state index in [-0.39, 0.29) is 6.04 Å². The molecule has 2 atom stereocenters. The van der Waals surface area contributed by atoms with E-state index >= 15 is 0 Å². The smallest absolute Gasteiger partial charge is 0.0364 e. The number of para-hydroxylation sites is 1. The quantitative estimate of drug-likeness (QED) is 0.802. The van der Waals surface area contributed by atoms with Gasteiger partial charge < -0.3 is 10.6 Å². The van der Waals surface area contributed by atoms with Gasteiger partial charge in [0.1, 0.15) is 0 Å². The number of likely N-dealkylation sites (N-methyl/N-ethyl adjacent to an activating group) is 1. The summed E-state index contributed by atoms with van der Waals surface area (Å²) in [5.41, 5.74) is 7.36. The zero-order valence-electron chi connectivity index (χ0n) is 9.98. The third-order valence-corrected chi connectivity index (χ3v) is 3.06. The monoisotopic (exact) mass is 206 g/mol. The zero-order chi connectivity index (χ0) is 11.3. The summed E-state index contributed by atoms with van der Waals surface area (Å²) in [5.74, 6) is 0.580. The van der Waals surface area contributed by atoms with Crippen molar-refractivity contribution in [2.75, 3.05) is 18.5 Å². The molecule has 1 aromatic carbocycles. The van der Waals surface area contributed by atoms with Gasteiger partial charge in [-0.1, -0.05) is 38.5 Å². The molecule has 0 fully saturated rings. The first kappa shape index (κ1) is 12.1. The molecule has 0 radical (unpaired) electrons. The van der Waals surface area contributed by atoms with E-state index in [1.54, 1.807) is 0 Å². The molecule has 0 heterocycles. The fourth-order valence-electron chi connectivity index (χ4n) is 1.59.